The number of hydrogen-bond donors (Lipinski definition) is 1. The summed E-state index contributed by atoms with van der Waals surface area (Å²) in [6.45, 7) is 0. The predicted octanol–water partition coefficient (Wildman–Crippen LogP) is 4.10. The van der Waals surface area contributed by atoms with Gasteiger partial charge in [-0.05, 0) is 30.3 Å². The second-order valence-corrected chi connectivity index (χ2v) is 6.71. The Balaban J connectivity index is 1.81. The van der Waals surface area contributed by atoms with Gasteiger partial charge in [-0.15, -0.1) is 10.2 Å². The molecular weight excluding hydrogens is 406 g/mol. The van der Waals surface area contributed by atoms with Gasteiger partial charge in [-0.25, -0.2) is 9.07 Å². The van der Waals surface area contributed by atoms with Gasteiger partial charge in [0.2, 0.25) is 0 Å². The third-order valence-corrected chi connectivity index (χ3v) is 4.72. The molecule has 0 radical (unpaired) electrons. The fourth-order valence-electron chi connectivity index (χ4n) is 2.78. The Labute approximate surface area is 169 Å². The largest absolute Gasteiger partial charge is 0.495 e. The lowest BCUT2D eigenvalue weighted by atomic mass is 10.1. The standard InChI is InChI=1S/C18H13Cl2FN6O/c1-28-16-5-3-12(8-14(16)20)27-9-11(7-17-22-25-26-23-17)18(24-27)10-2-4-13(19)15(21)6-10/h2-6,8-9H,7H2,1H3,(H,22,23,25,26). The Morgan fingerprint density at radius 1 is 1.14 bits per heavy atom. The molecule has 4 rings (SSSR count). The molecule has 10 heteroatoms. The summed E-state index contributed by atoms with van der Waals surface area (Å²) in [5, 5.41) is 19.1. The summed E-state index contributed by atoms with van der Waals surface area (Å²) in [6.07, 6.45) is 2.18. The van der Waals surface area contributed by atoms with Gasteiger partial charge in [0.05, 0.1) is 28.5 Å². The van der Waals surface area contributed by atoms with Gasteiger partial charge in [0, 0.05) is 23.7 Å². The topological polar surface area (TPSA) is 81.5 Å². The number of aromatic nitrogens is 6. The van der Waals surface area contributed by atoms with Crippen LogP contribution in [0.2, 0.25) is 10.0 Å². The number of hydrogen-bond acceptors (Lipinski definition) is 5. The van der Waals surface area contributed by atoms with E-state index in [9.17, 15) is 4.39 Å². The van der Waals surface area contributed by atoms with Crippen molar-refractivity contribution >= 4 is 23.2 Å². The lowest BCUT2D eigenvalue weighted by Gasteiger charge is -2.06. The maximum absolute atomic E-state index is 14.0. The minimum atomic E-state index is -0.522. The highest BCUT2D eigenvalue weighted by Gasteiger charge is 2.16. The summed E-state index contributed by atoms with van der Waals surface area (Å²) in [5.74, 6) is 0.527. The van der Waals surface area contributed by atoms with Crippen molar-refractivity contribution in [3.63, 3.8) is 0 Å². The lowest BCUT2D eigenvalue weighted by molar-refractivity contribution is 0.415. The molecule has 0 aliphatic carbocycles. The van der Waals surface area contributed by atoms with Crippen LogP contribution < -0.4 is 4.74 Å². The number of tetrazole rings is 1. The van der Waals surface area contributed by atoms with Gasteiger partial charge in [0.1, 0.15) is 11.6 Å². The molecule has 0 saturated heterocycles. The Morgan fingerprint density at radius 3 is 2.68 bits per heavy atom. The first-order chi connectivity index (χ1) is 13.5. The Kier molecular flexibility index (Phi) is 4.97. The molecule has 142 valence electrons. The van der Waals surface area contributed by atoms with Crippen LogP contribution in [0.5, 0.6) is 5.75 Å². The zero-order valence-electron chi connectivity index (χ0n) is 14.5. The van der Waals surface area contributed by atoms with E-state index in [0.29, 0.717) is 34.3 Å². The van der Waals surface area contributed by atoms with Crippen LogP contribution in [0.1, 0.15) is 11.4 Å². The summed E-state index contributed by atoms with van der Waals surface area (Å²) in [4.78, 5) is 0. The van der Waals surface area contributed by atoms with Gasteiger partial charge in [-0.2, -0.15) is 10.3 Å². The van der Waals surface area contributed by atoms with Crippen molar-refractivity contribution in [2.75, 3.05) is 7.11 Å². The van der Waals surface area contributed by atoms with Crippen molar-refractivity contribution in [1.29, 1.82) is 0 Å². The first-order valence-electron chi connectivity index (χ1n) is 8.15. The molecule has 0 aliphatic rings. The Bertz CT molecular complexity index is 1130. The minimum absolute atomic E-state index is 0.0461. The van der Waals surface area contributed by atoms with E-state index in [-0.39, 0.29) is 5.02 Å². The summed E-state index contributed by atoms with van der Waals surface area (Å²) in [6, 6.07) is 9.85. The molecule has 0 atom stereocenters. The van der Waals surface area contributed by atoms with Crippen molar-refractivity contribution in [3.8, 4) is 22.7 Å². The molecule has 0 bridgehead atoms. The summed E-state index contributed by atoms with van der Waals surface area (Å²) < 4.78 is 20.8. The van der Waals surface area contributed by atoms with E-state index in [0.717, 1.165) is 11.3 Å². The van der Waals surface area contributed by atoms with Crippen molar-refractivity contribution in [2.24, 2.45) is 0 Å². The monoisotopic (exact) mass is 418 g/mol. The summed E-state index contributed by atoms with van der Waals surface area (Å²) in [7, 11) is 1.55. The number of ether oxygens (including phenoxy) is 1. The molecule has 0 fully saturated rings. The summed E-state index contributed by atoms with van der Waals surface area (Å²) >= 11 is 12.0. The van der Waals surface area contributed by atoms with Crippen LogP contribution in [0.25, 0.3) is 16.9 Å². The van der Waals surface area contributed by atoms with Gasteiger partial charge in [-0.1, -0.05) is 34.5 Å². The fraction of sp³-hybridized carbons (Fsp3) is 0.111. The van der Waals surface area contributed by atoms with Gasteiger partial charge < -0.3 is 4.74 Å². The Hall–Kier alpha value is -2.97. The van der Waals surface area contributed by atoms with Crippen molar-refractivity contribution < 1.29 is 9.13 Å². The van der Waals surface area contributed by atoms with E-state index >= 15 is 0 Å². The van der Waals surface area contributed by atoms with Crippen molar-refractivity contribution in [2.45, 2.75) is 6.42 Å². The van der Waals surface area contributed by atoms with Gasteiger partial charge in [0.25, 0.3) is 0 Å². The second kappa shape index (κ2) is 7.57. The Morgan fingerprint density at radius 2 is 2.00 bits per heavy atom. The van der Waals surface area contributed by atoms with Crippen molar-refractivity contribution in [3.05, 3.63) is 69.8 Å². The van der Waals surface area contributed by atoms with Crippen molar-refractivity contribution in [1.82, 2.24) is 30.4 Å². The number of aromatic amines is 1. The number of nitrogens with one attached hydrogen (secondary N) is 1. The number of halogens is 3. The van der Waals surface area contributed by atoms with E-state index in [1.54, 1.807) is 30.0 Å². The van der Waals surface area contributed by atoms with E-state index < -0.39 is 5.82 Å². The van der Waals surface area contributed by atoms with Crippen LogP contribution in [-0.2, 0) is 6.42 Å². The highest BCUT2D eigenvalue weighted by atomic mass is 35.5. The molecule has 0 aliphatic heterocycles. The average molecular weight is 419 g/mol. The van der Waals surface area contributed by atoms with E-state index in [1.165, 1.54) is 12.1 Å². The number of rotatable bonds is 5. The van der Waals surface area contributed by atoms with E-state index in [1.807, 2.05) is 12.3 Å². The fourth-order valence-corrected chi connectivity index (χ4v) is 3.15. The first kappa shape index (κ1) is 18.4. The third-order valence-electron chi connectivity index (χ3n) is 4.12. The number of nitrogens with zero attached hydrogens (tertiary/aromatic N) is 5. The highest BCUT2D eigenvalue weighted by molar-refractivity contribution is 6.32. The van der Waals surface area contributed by atoms with Crippen LogP contribution >= 0.6 is 23.2 Å². The molecule has 2 aromatic heterocycles. The molecule has 28 heavy (non-hydrogen) atoms. The number of methoxy groups -OCH3 is 1. The molecular formula is C18H13Cl2FN6O. The zero-order chi connectivity index (χ0) is 19.7. The maximum atomic E-state index is 14.0. The second-order valence-electron chi connectivity index (χ2n) is 5.90. The van der Waals surface area contributed by atoms with E-state index in [2.05, 4.69) is 25.7 Å². The molecule has 7 nitrogen and oxygen atoms in total. The van der Waals surface area contributed by atoms with E-state index in [4.69, 9.17) is 27.9 Å². The number of benzene rings is 2. The van der Waals surface area contributed by atoms with Gasteiger partial charge in [0.15, 0.2) is 5.82 Å². The van der Waals surface area contributed by atoms with Crippen LogP contribution in [0.15, 0.2) is 42.6 Å². The molecule has 0 amide bonds. The number of H-pyrrole nitrogens is 1. The zero-order valence-corrected chi connectivity index (χ0v) is 16.0. The third kappa shape index (κ3) is 3.56. The average Bonchev–Trinajstić information content (AvgIpc) is 3.34. The summed E-state index contributed by atoms with van der Waals surface area (Å²) in [5.41, 5.74) is 2.67. The van der Waals surface area contributed by atoms with Crippen LogP contribution in [0.3, 0.4) is 0 Å². The molecule has 4 aromatic rings. The van der Waals surface area contributed by atoms with Gasteiger partial charge in [-0.3, -0.25) is 0 Å². The molecule has 0 spiro atoms. The molecule has 1 N–H and O–H groups in total. The first-order valence-corrected chi connectivity index (χ1v) is 8.91. The molecule has 2 heterocycles. The smallest absolute Gasteiger partial charge is 0.179 e. The highest BCUT2D eigenvalue weighted by Crippen LogP contribution is 2.30. The van der Waals surface area contributed by atoms with Crippen LogP contribution in [0, 0.1) is 5.82 Å². The minimum Gasteiger partial charge on any atom is -0.495 e. The molecule has 0 saturated carbocycles. The van der Waals surface area contributed by atoms with Gasteiger partial charge >= 0.3 is 0 Å². The SMILES string of the molecule is COc1ccc(-n2cc(Cc3nn[nH]n3)c(-c3ccc(Cl)c(F)c3)n2)cc1Cl. The van der Waals surface area contributed by atoms with Crippen LogP contribution in [0.4, 0.5) is 4.39 Å². The molecule has 0 unspecified atom stereocenters. The normalized spacial score (nSPS) is 11.0. The van der Waals surface area contributed by atoms with Crippen LogP contribution in [-0.4, -0.2) is 37.5 Å². The predicted molar refractivity (Wildman–Crippen MR) is 103 cm³/mol. The maximum Gasteiger partial charge on any atom is 0.179 e. The quantitative estimate of drug-likeness (QED) is 0.527. The molecule has 2 aromatic carbocycles. The lowest BCUT2D eigenvalue weighted by Crippen LogP contribution is -1.96.